The number of unbranched alkanes of at least 4 members (excludes halogenated alkanes) is 1. The van der Waals surface area contributed by atoms with Crippen molar-refractivity contribution in [2.24, 2.45) is 0 Å². The molecule has 37 heavy (non-hydrogen) atoms. The summed E-state index contributed by atoms with van der Waals surface area (Å²) in [5.74, 6) is 0.457. The van der Waals surface area contributed by atoms with Gasteiger partial charge in [-0.25, -0.2) is 0 Å². The van der Waals surface area contributed by atoms with Crippen LogP contribution in [0.5, 0.6) is 0 Å². The van der Waals surface area contributed by atoms with Crippen LogP contribution in [-0.2, 0) is 28.3 Å². The monoisotopic (exact) mass is 620 g/mol. The molecule has 0 aliphatic rings. The number of amides is 2. The minimum atomic E-state index is -0.639. The van der Waals surface area contributed by atoms with Crippen molar-refractivity contribution in [1.29, 1.82) is 0 Å². The van der Waals surface area contributed by atoms with Gasteiger partial charge in [-0.05, 0) is 47.4 Å². The first-order valence-corrected chi connectivity index (χ1v) is 15.0. The van der Waals surface area contributed by atoms with Gasteiger partial charge in [0.1, 0.15) is 6.04 Å². The molecule has 1 N–H and O–H groups in total. The fourth-order valence-corrected chi connectivity index (χ4v) is 5.75. The van der Waals surface area contributed by atoms with Crippen LogP contribution in [0, 0.1) is 0 Å². The van der Waals surface area contributed by atoms with Crippen molar-refractivity contribution >= 4 is 62.7 Å². The summed E-state index contributed by atoms with van der Waals surface area (Å²) in [5, 5.41) is 4.21. The topological polar surface area (TPSA) is 49.4 Å². The van der Waals surface area contributed by atoms with E-state index in [9.17, 15) is 9.59 Å². The summed E-state index contributed by atoms with van der Waals surface area (Å²) in [5.41, 5.74) is 2.76. The Morgan fingerprint density at radius 2 is 1.62 bits per heavy atom. The first-order chi connectivity index (χ1) is 17.9. The lowest BCUT2D eigenvalue weighted by atomic mass is 10.0. The van der Waals surface area contributed by atoms with Gasteiger partial charge in [-0.3, -0.25) is 9.59 Å². The predicted molar refractivity (Wildman–Crippen MR) is 159 cm³/mol. The van der Waals surface area contributed by atoms with Gasteiger partial charge in [0.05, 0.1) is 5.75 Å². The molecule has 196 valence electrons. The number of carbonyl (C=O) groups excluding carboxylic acids is 2. The molecule has 0 aromatic heterocycles. The van der Waals surface area contributed by atoms with Crippen molar-refractivity contribution in [2.75, 3.05) is 12.3 Å². The molecule has 0 aliphatic carbocycles. The fourth-order valence-electron chi connectivity index (χ4n) is 3.84. The van der Waals surface area contributed by atoms with Crippen LogP contribution in [0.3, 0.4) is 0 Å². The molecule has 0 saturated carbocycles. The van der Waals surface area contributed by atoms with E-state index >= 15 is 0 Å². The fraction of sp³-hybridized carbons (Fsp3) is 0.310. The molecule has 0 heterocycles. The van der Waals surface area contributed by atoms with E-state index in [0.29, 0.717) is 35.3 Å². The number of benzene rings is 3. The van der Waals surface area contributed by atoms with Crippen LogP contribution in [0.15, 0.2) is 77.3 Å². The van der Waals surface area contributed by atoms with Gasteiger partial charge in [0.25, 0.3) is 0 Å². The van der Waals surface area contributed by atoms with Crippen LogP contribution < -0.4 is 5.32 Å². The van der Waals surface area contributed by atoms with E-state index in [-0.39, 0.29) is 17.6 Å². The minimum Gasteiger partial charge on any atom is -0.354 e. The lowest BCUT2D eigenvalue weighted by molar-refractivity contribution is -0.139. The van der Waals surface area contributed by atoms with Crippen molar-refractivity contribution in [3.05, 3.63) is 104 Å². The third kappa shape index (κ3) is 9.36. The number of carbonyl (C=O) groups is 2. The Morgan fingerprint density at radius 1 is 0.946 bits per heavy atom. The van der Waals surface area contributed by atoms with E-state index in [1.54, 1.807) is 23.1 Å². The smallest absolute Gasteiger partial charge is 0.243 e. The summed E-state index contributed by atoms with van der Waals surface area (Å²) >= 11 is 17.6. The zero-order valence-electron chi connectivity index (χ0n) is 20.8. The van der Waals surface area contributed by atoms with Gasteiger partial charge in [-0.2, -0.15) is 0 Å². The molecule has 0 saturated heterocycles. The van der Waals surface area contributed by atoms with Crippen molar-refractivity contribution < 1.29 is 9.59 Å². The molecule has 3 aromatic rings. The number of thioether (sulfide) groups is 1. The number of rotatable bonds is 13. The van der Waals surface area contributed by atoms with E-state index in [1.165, 1.54) is 11.8 Å². The Hall–Kier alpha value is -1.99. The summed E-state index contributed by atoms with van der Waals surface area (Å²) in [7, 11) is 0. The molecule has 0 fully saturated rings. The summed E-state index contributed by atoms with van der Waals surface area (Å²) < 4.78 is 0.958. The van der Waals surface area contributed by atoms with Crippen molar-refractivity contribution in [1.82, 2.24) is 10.2 Å². The zero-order valence-corrected chi connectivity index (χ0v) is 24.7. The zero-order chi connectivity index (χ0) is 26.6. The molecule has 1 atom stereocenters. The first kappa shape index (κ1) is 29.6. The second-order valence-corrected chi connectivity index (χ2v) is 11.4. The van der Waals surface area contributed by atoms with Crippen molar-refractivity contribution in [2.45, 2.75) is 44.5 Å². The molecule has 4 nitrogen and oxygen atoms in total. The van der Waals surface area contributed by atoms with E-state index < -0.39 is 6.04 Å². The molecular formula is C29H31BrCl2N2O2S. The standard InChI is InChI=1S/C29H31BrCl2N2O2S/c1-2-3-16-33-29(36)27(17-21-8-5-4-6-9-21)34(18-22-12-14-23(30)15-13-22)28(35)20-37-19-24-25(31)10-7-11-26(24)32/h4-15,27H,2-3,16-20H2,1H3,(H,33,36)/t27-/m1/s1. The highest BCUT2D eigenvalue weighted by Gasteiger charge is 2.30. The van der Waals surface area contributed by atoms with Crippen LogP contribution in [0.2, 0.25) is 10.0 Å². The Bertz CT molecular complexity index is 1140. The third-order valence-corrected chi connectivity index (χ3v) is 8.08. The molecular weight excluding hydrogens is 591 g/mol. The van der Waals surface area contributed by atoms with Crippen molar-refractivity contribution in [3.63, 3.8) is 0 Å². The summed E-state index contributed by atoms with van der Waals surface area (Å²) in [4.78, 5) is 28.8. The van der Waals surface area contributed by atoms with E-state index in [1.807, 2.05) is 54.6 Å². The van der Waals surface area contributed by atoms with Gasteiger partial charge in [0.15, 0.2) is 0 Å². The van der Waals surface area contributed by atoms with Gasteiger partial charge in [-0.15, -0.1) is 11.8 Å². The molecule has 0 bridgehead atoms. The quantitative estimate of drug-likeness (QED) is 0.201. The average molecular weight is 622 g/mol. The maximum atomic E-state index is 13.7. The van der Waals surface area contributed by atoms with Crippen LogP contribution in [0.4, 0.5) is 0 Å². The summed E-state index contributed by atoms with van der Waals surface area (Å²) in [6.07, 6.45) is 2.30. The molecule has 8 heteroatoms. The second kappa shape index (κ2) is 15.4. The van der Waals surface area contributed by atoms with E-state index in [0.717, 1.165) is 34.0 Å². The first-order valence-electron chi connectivity index (χ1n) is 12.2. The lowest BCUT2D eigenvalue weighted by Crippen LogP contribution is -2.51. The van der Waals surface area contributed by atoms with Crippen LogP contribution in [0.25, 0.3) is 0 Å². The minimum absolute atomic E-state index is 0.109. The molecule has 0 aliphatic heterocycles. The molecule has 2 amide bonds. The summed E-state index contributed by atoms with van der Waals surface area (Å²) in [6, 6.07) is 22.4. The Kier molecular flexibility index (Phi) is 12.3. The number of nitrogens with zero attached hydrogens (tertiary/aromatic N) is 1. The molecule has 0 radical (unpaired) electrons. The second-order valence-electron chi connectivity index (χ2n) is 8.69. The van der Waals surface area contributed by atoms with Crippen molar-refractivity contribution in [3.8, 4) is 0 Å². The number of hydrogen-bond acceptors (Lipinski definition) is 3. The maximum Gasteiger partial charge on any atom is 0.243 e. The number of hydrogen-bond donors (Lipinski definition) is 1. The van der Waals surface area contributed by atoms with Gasteiger partial charge >= 0.3 is 0 Å². The van der Waals surface area contributed by atoms with Crippen LogP contribution >= 0.6 is 50.9 Å². The summed E-state index contributed by atoms with van der Waals surface area (Å²) in [6.45, 7) is 3.00. The SMILES string of the molecule is CCCCNC(=O)[C@@H](Cc1ccccc1)N(Cc1ccc(Br)cc1)C(=O)CSCc1c(Cl)cccc1Cl. The predicted octanol–water partition coefficient (Wildman–Crippen LogP) is 7.55. The lowest BCUT2D eigenvalue weighted by Gasteiger charge is -2.31. The Balaban J connectivity index is 1.84. The highest BCUT2D eigenvalue weighted by atomic mass is 79.9. The van der Waals surface area contributed by atoms with E-state index in [4.69, 9.17) is 23.2 Å². The molecule has 3 rings (SSSR count). The molecule has 0 spiro atoms. The van der Waals surface area contributed by atoms with Crippen LogP contribution in [-0.4, -0.2) is 35.1 Å². The third-order valence-electron chi connectivity index (χ3n) is 5.90. The molecule has 0 unspecified atom stereocenters. The molecule has 3 aromatic carbocycles. The van der Waals surface area contributed by atoms with Gasteiger partial charge in [-0.1, -0.05) is 101 Å². The van der Waals surface area contributed by atoms with Gasteiger partial charge in [0.2, 0.25) is 11.8 Å². The van der Waals surface area contributed by atoms with E-state index in [2.05, 4.69) is 28.2 Å². The van der Waals surface area contributed by atoms with Crippen LogP contribution in [0.1, 0.15) is 36.5 Å². The van der Waals surface area contributed by atoms with Gasteiger partial charge in [0, 0.05) is 39.8 Å². The Morgan fingerprint density at radius 3 is 2.27 bits per heavy atom. The number of nitrogens with one attached hydrogen (secondary N) is 1. The maximum absolute atomic E-state index is 13.7. The largest absolute Gasteiger partial charge is 0.354 e. The highest BCUT2D eigenvalue weighted by molar-refractivity contribution is 9.10. The van der Waals surface area contributed by atoms with Gasteiger partial charge < -0.3 is 10.2 Å². The highest BCUT2D eigenvalue weighted by Crippen LogP contribution is 2.28. The normalized spacial score (nSPS) is 11.7. The Labute approximate surface area is 242 Å². The average Bonchev–Trinajstić information content (AvgIpc) is 2.89. The number of halogens is 3.